The van der Waals surface area contributed by atoms with E-state index >= 15 is 0 Å². The molecule has 0 aliphatic carbocycles. The fraction of sp³-hybridized carbons (Fsp3) is 0. The summed E-state index contributed by atoms with van der Waals surface area (Å²) in [5.74, 6) is 0. The van der Waals surface area contributed by atoms with Crippen LogP contribution in [0.4, 0.5) is 0 Å². The van der Waals surface area contributed by atoms with E-state index in [1.165, 1.54) is 11.1 Å². The second-order valence-corrected chi connectivity index (χ2v) is 3.97. The second-order valence-electron chi connectivity index (χ2n) is 3.97. The van der Waals surface area contributed by atoms with E-state index in [-0.39, 0.29) is 0 Å². The molecule has 2 aromatic rings. The molecule has 0 aromatic heterocycles. The SMILES string of the molecule is C=CC=C(C=Cc1ccccc1)c1ccccc1. The van der Waals surface area contributed by atoms with Crippen LogP contribution in [0.15, 0.2) is 85.5 Å². The predicted octanol–water partition coefficient (Wildman–Crippen LogP) is 4.97. The number of hydrogen-bond donors (Lipinski definition) is 0. The number of benzene rings is 2. The average molecular weight is 232 g/mol. The van der Waals surface area contributed by atoms with Crippen molar-refractivity contribution in [2.75, 3.05) is 0 Å². The molecule has 0 nitrogen and oxygen atoms in total. The molecule has 2 rings (SSSR count). The van der Waals surface area contributed by atoms with E-state index in [4.69, 9.17) is 0 Å². The maximum Gasteiger partial charge on any atom is -0.0184 e. The predicted molar refractivity (Wildman–Crippen MR) is 80.1 cm³/mol. The molecule has 0 atom stereocenters. The van der Waals surface area contributed by atoms with Crippen LogP contribution in [0.2, 0.25) is 0 Å². The summed E-state index contributed by atoms with van der Waals surface area (Å²) in [5, 5.41) is 0. The minimum Gasteiger partial charge on any atom is -0.0990 e. The second kappa shape index (κ2) is 6.41. The monoisotopic (exact) mass is 232 g/mol. The fourth-order valence-corrected chi connectivity index (χ4v) is 1.76. The maximum atomic E-state index is 3.77. The van der Waals surface area contributed by atoms with Gasteiger partial charge in [-0.15, -0.1) is 0 Å². The van der Waals surface area contributed by atoms with Gasteiger partial charge < -0.3 is 0 Å². The Hall–Kier alpha value is -2.34. The molecule has 0 saturated heterocycles. The molecule has 0 spiro atoms. The summed E-state index contributed by atoms with van der Waals surface area (Å²) < 4.78 is 0. The van der Waals surface area contributed by atoms with Crippen LogP contribution in [0.5, 0.6) is 0 Å². The molecule has 2 aromatic carbocycles. The summed E-state index contributed by atoms with van der Waals surface area (Å²) in [6.45, 7) is 3.77. The quantitative estimate of drug-likeness (QED) is 0.653. The molecular formula is C18H16. The highest BCUT2D eigenvalue weighted by molar-refractivity contribution is 5.79. The molecule has 88 valence electrons. The van der Waals surface area contributed by atoms with Gasteiger partial charge >= 0.3 is 0 Å². The Kier molecular flexibility index (Phi) is 4.32. The van der Waals surface area contributed by atoms with Gasteiger partial charge in [0.2, 0.25) is 0 Å². The maximum absolute atomic E-state index is 3.77. The molecule has 18 heavy (non-hydrogen) atoms. The standard InChI is InChI=1S/C18H16/c1-2-9-17(18-12-7-4-8-13-18)15-14-16-10-5-3-6-11-16/h2-15H,1H2. The largest absolute Gasteiger partial charge is 0.0990 e. The molecule has 0 unspecified atom stereocenters. The molecule has 0 aliphatic heterocycles. The highest BCUT2D eigenvalue weighted by Crippen LogP contribution is 2.17. The van der Waals surface area contributed by atoms with Gasteiger partial charge in [-0.1, -0.05) is 91.5 Å². The van der Waals surface area contributed by atoms with E-state index in [2.05, 4.69) is 43.0 Å². The van der Waals surface area contributed by atoms with E-state index in [0.29, 0.717) is 0 Å². The number of hydrogen-bond acceptors (Lipinski definition) is 0. The number of rotatable bonds is 4. The first-order chi connectivity index (χ1) is 8.90. The summed E-state index contributed by atoms with van der Waals surface area (Å²) in [4.78, 5) is 0. The fourth-order valence-electron chi connectivity index (χ4n) is 1.76. The van der Waals surface area contributed by atoms with Gasteiger partial charge in [0.05, 0.1) is 0 Å². The van der Waals surface area contributed by atoms with Crippen molar-refractivity contribution in [3.8, 4) is 0 Å². The lowest BCUT2D eigenvalue weighted by Gasteiger charge is -2.01. The molecule has 0 saturated carbocycles. The van der Waals surface area contributed by atoms with Crippen LogP contribution in [0, 0.1) is 0 Å². The first kappa shape index (κ1) is 12.1. The van der Waals surface area contributed by atoms with Crippen LogP contribution in [0.25, 0.3) is 11.6 Å². The van der Waals surface area contributed by atoms with Gasteiger partial charge in [-0.25, -0.2) is 0 Å². The van der Waals surface area contributed by atoms with Crippen molar-refractivity contribution in [2.24, 2.45) is 0 Å². The summed E-state index contributed by atoms with van der Waals surface area (Å²) in [7, 11) is 0. The van der Waals surface area contributed by atoms with Crippen LogP contribution >= 0.6 is 0 Å². The normalized spacial score (nSPS) is 11.7. The van der Waals surface area contributed by atoms with Gasteiger partial charge in [0.15, 0.2) is 0 Å². The van der Waals surface area contributed by atoms with Gasteiger partial charge in [-0.3, -0.25) is 0 Å². The molecule has 0 aliphatic rings. The molecule has 0 heterocycles. The van der Waals surface area contributed by atoms with Crippen molar-refractivity contribution in [3.05, 3.63) is 96.6 Å². The van der Waals surface area contributed by atoms with Crippen LogP contribution in [-0.4, -0.2) is 0 Å². The van der Waals surface area contributed by atoms with E-state index in [9.17, 15) is 0 Å². The van der Waals surface area contributed by atoms with Crippen molar-refractivity contribution in [3.63, 3.8) is 0 Å². The van der Waals surface area contributed by atoms with E-state index in [1.807, 2.05) is 48.6 Å². The van der Waals surface area contributed by atoms with Crippen molar-refractivity contribution in [1.29, 1.82) is 0 Å². The third-order valence-corrected chi connectivity index (χ3v) is 2.66. The van der Waals surface area contributed by atoms with Gasteiger partial charge in [0, 0.05) is 0 Å². The summed E-state index contributed by atoms with van der Waals surface area (Å²) in [6.07, 6.45) is 8.07. The molecule has 0 fully saturated rings. The van der Waals surface area contributed by atoms with E-state index in [0.717, 1.165) is 5.57 Å². The van der Waals surface area contributed by atoms with Gasteiger partial charge in [0.25, 0.3) is 0 Å². The van der Waals surface area contributed by atoms with Crippen LogP contribution in [-0.2, 0) is 0 Å². The zero-order valence-electron chi connectivity index (χ0n) is 10.3. The Labute approximate surface area is 109 Å². The summed E-state index contributed by atoms with van der Waals surface area (Å²) >= 11 is 0. The van der Waals surface area contributed by atoms with E-state index < -0.39 is 0 Å². The Morgan fingerprint density at radius 2 is 1.44 bits per heavy atom. The zero-order chi connectivity index (χ0) is 12.6. The Morgan fingerprint density at radius 1 is 0.833 bits per heavy atom. The molecule has 0 amide bonds. The van der Waals surface area contributed by atoms with Crippen LogP contribution in [0.3, 0.4) is 0 Å². The summed E-state index contributed by atoms with van der Waals surface area (Å²) in [6, 6.07) is 20.6. The minimum absolute atomic E-state index is 1.16. The lowest BCUT2D eigenvalue weighted by molar-refractivity contribution is 1.62. The minimum atomic E-state index is 1.16. The van der Waals surface area contributed by atoms with Gasteiger partial charge in [-0.2, -0.15) is 0 Å². The first-order valence-electron chi connectivity index (χ1n) is 6.01. The Balaban J connectivity index is 2.26. The highest BCUT2D eigenvalue weighted by atomic mass is 14.0. The summed E-state index contributed by atoms with van der Waals surface area (Å²) in [5.41, 5.74) is 3.56. The zero-order valence-corrected chi connectivity index (χ0v) is 10.3. The highest BCUT2D eigenvalue weighted by Gasteiger charge is 1.95. The molecule has 0 N–H and O–H groups in total. The topological polar surface area (TPSA) is 0 Å². The van der Waals surface area contributed by atoms with Crippen molar-refractivity contribution >= 4 is 11.6 Å². The van der Waals surface area contributed by atoms with Gasteiger partial charge in [-0.05, 0) is 16.7 Å². The first-order valence-corrected chi connectivity index (χ1v) is 6.01. The van der Waals surface area contributed by atoms with Crippen LogP contribution < -0.4 is 0 Å². The van der Waals surface area contributed by atoms with Crippen molar-refractivity contribution in [1.82, 2.24) is 0 Å². The Morgan fingerprint density at radius 3 is 2.06 bits per heavy atom. The lowest BCUT2D eigenvalue weighted by atomic mass is 10.0. The number of allylic oxidation sites excluding steroid dienone is 4. The third kappa shape index (κ3) is 3.33. The molecule has 0 bridgehead atoms. The van der Waals surface area contributed by atoms with Crippen LogP contribution in [0.1, 0.15) is 11.1 Å². The van der Waals surface area contributed by atoms with Gasteiger partial charge in [0.1, 0.15) is 0 Å². The van der Waals surface area contributed by atoms with Crippen molar-refractivity contribution < 1.29 is 0 Å². The Bertz CT molecular complexity index is 545. The average Bonchev–Trinajstić information content (AvgIpc) is 2.45. The molecule has 0 heteroatoms. The smallest absolute Gasteiger partial charge is 0.0184 e. The molecular weight excluding hydrogens is 216 g/mol. The lowest BCUT2D eigenvalue weighted by Crippen LogP contribution is -1.79. The molecule has 0 radical (unpaired) electrons. The third-order valence-electron chi connectivity index (χ3n) is 2.66. The van der Waals surface area contributed by atoms with Crippen molar-refractivity contribution in [2.45, 2.75) is 0 Å². The van der Waals surface area contributed by atoms with E-state index in [1.54, 1.807) is 0 Å².